The molecule has 0 unspecified atom stereocenters. The minimum atomic E-state index is -1.75. The summed E-state index contributed by atoms with van der Waals surface area (Å²) in [6.45, 7) is 1.94. The van der Waals surface area contributed by atoms with Crippen LogP contribution in [0.5, 0.6) is 17.5 Å². The van der Waals surface area contributed by atoms with E-state index >= 15 is 4.39 Å². The van der Waals surface area contributed by atoms with E-state index in [9.17, 15) is 18.3 Å². The third kappa shape index (κ3) is 7.41. The summed E-state index contributed by atoms with van der Waals surface area (Å²) in [5.41, 5.74) is 6.55. The van der Waals surface area contributed by atoms with Gasteiger partial charge in [-0.15, -0.1) is 6.42 Å². The highest BCUT2D eigenvalue weighted by Crippen LogP contribution is 2.49. The largest absolute Gasteiger partial charge is 0.508 e. The molecule has 5 aromatic rings. The lowest BCUT2D eigenvalue weighted by Crippen LogP contribution is -2.29. The average molecular weight is 711 g/mol. The quantitative estimate of drug-likeness (QED) is 0.145. The summed E-state index contributed by atoms with van der Waals surface area (Å²) in [5.74, 6) is 1.45. The van der Waals surface area contributed by atoms with Gasteiger partial charge in [0.05, 0.1) is 29.7 Å². The number of terminal acetylenes is 1. The molecule has 0 aliphatic carbocycles. The summed E-state index contributed by atoms with van der Waals surface area (Å²) in [7, 11) is 3.55. The number of aromatic nitrogens is 3. The number of anilines is 2. The highest BCUT2D eigenvalue weighted by Gasteiger charge is 2.31. The number of likely N-dealkylation sites (tertiary alicyclic amines) is 1. The molecular weight excluding hydrogens is 676 g/mol. The number of aromatic hydroxyl groups is 1. The van der Waals surface area contributed by atoms with Crippen molar-refractivity contribution in [2.75, 3.05) is 58.0 Å². The fraction of sp³-hybridized carbons (Fsp3) is 0.306. The van der Waals surface area contributed by atoms with Gasteiger partial charge in [-0.3, -0.25) is 0 Å². The van der Waals surface area contributed by atoms with E-state index in [1.165, 1.54) is 57.3 Å². The maximum Gasteiger partial charge on any atom is 0.318 e. The van der Waals surface area contributed by atoms with Crippen LogP contribution in [0.25, 0.3) is 32.8 Å². The van der Waals surface area contributed by atoms with Crippen LogP contribution >= 0.6 is 11.6 Å². The first kappa shape index (κ1) is 36.2. The normalized spacial score (nSPS) is 14.1. The summed E-state index contributed by atoms with van der Waals surface area (Å²) < 4.78 is 62.3. The molecule has 0 spiro atoms. The first-order chi connectivity index (χ1) is 24.1. The van der Waals surface area contributed by atoms with E-state index in [1.807, 2.05) is 11.0 Å². The van der Waals surface area contributed by atoms with Gasteiger partial charge < -0.3 is 30.1 Å². The average Bonchev–Trinajstić information content (AvgIpc) is 3.58. The third-order valence-corrected chi connectivity index (χ3v) is 8.69. The number of hydrogen-bond donors (Lipinski definition) is 2. The van der Waals surface area contributed by atoms with Crippen molar-refractivity contribution >= 4 is 44.9 Å². The van der Waals surface area contributed by atoms with E-state index in [0.717, 1.165) is 5.56 Å². The number of alkyl halides is 2. The van der Waals surface area contributed by atoms with Crippen molar-refractivity contribution < 1.29 is 32.1 Å². The van der Waals surface area contributed by atoms with Crippen molar-refractivity contribution in [1.29, 1.82) is 0 Å². The van der Waals surface area contributed by atoms with Crippen LogP contribution in [-0.4, -0.2) is 72.3 Å². The van der Waals surface area contributed by atoms with Crippen LogP contribution in [0.2, 0.25) is 5.02 Å². The molecule has 262 valence electrons. The van der Waals surface area contributed by atoms with Gasteiger partial charge in [0.2, 0.25) is 6.93 Å². The lowest BCUT2D eigenvalue weighted by Gasteiger charge is -2.29. The fourth-order valence-electron chi connectivity index (χ4n) is 6.04. The predicted molar refractivity (Wildman–Crippen MR) is 187 cm³/mol. The van der Waals surface area contributed by atoms with Gasteiger partial charge in [-0.05, 0) is 74.6 Å². The Morgan fingerprint density at radius 1 is 1.08 bits per heavy atom. The number of nitrogen functional groups attached to an aromatic ring is 1. The Morgan fingerprint density at radius 3 is 2.46 bits per heavy atom. The Morgan fingerprint density at radius 2 is 1.82 bits per heavy atom. The second-order valence-corrected chi connectivity index (χ2v) is 11.9. The molecule has 14 heteroatoms. The summed E-state index contributed by atoms with van der Waals surface area (Å²) in [6, 6.07) is 8.86. The predicted octanol–water partition coefficient (Wildman–Crippen LogP) is 7.44. The number of nitrogens with two attached hydrogens (primary N) is 1. The van der Waals surface area contributed by atoms with Crippen molar-refractivity contribution in [1.82, 2.24) is 19.9 Å². The standard InChI is InChI=1S/C30H22ClF2N5O3.C5H11N.CH2F2/c1-3-18-20(32)8-7-15-12-17(39)13-19(21(15)18)22-24(31)27-23-26(25(22)33)36-30(40-2)37-29(23)38(10-5-11-41-27)14-16-6-4-9-35-28(16)34;1-6-4-2-3-5-6;2-1-3/h1,4,6-9,12-13,39H,5,10-11,14H2,2H3,(H2,34,35);2-5H2,1H3;1H2. The smallest absolute Gasteiger partial charge is 0.318 e. The van der Waals surface area contributed by atoms with Crippen molar-refractivity contribution in [3.63, 3.8) is 0 Å². The topological polar surface area (TPSA) is 110 Å². The monoisotopic (exact) mass is 710 g/mol. The number of benzene rings is 3. The summed E-state index contributed by atoms with van der Waals surface area (Å²) in [4.78, 5) is 17.3. The highest BCUT2D eigenvalue weighted by molar-refractivity contribution is 6.37. The Labute approximate surface area is 291 Å². The second-order valence-electron chi connectivity index (χ2n) is 11.5. The second kappa shape index (κ2) is 16.1. The number of methoxy groups -OCH3 is 1. The van der Waals surface area contributed by atoms with Crippen molar-refractivity contribution in [3.8, 4) is 41.0 Å². The van der Waals surface area contributed by atoms with Crippen LogP contribution in [0.1, 0.15) is 30.4 Å². The van der Waals surface area contributed by atoms with E-state index < -0.39 is 18.6 Å². The maximum absolute atomic E-state index is 16.7. The summed E-state index contributed by atoms with van der Waals surface area (Å²) in [6.07, 6.45) is 10.7. The highest BCUT2D eigenvalue weighted by atomic mass is 35.5. The Hall–Kier alpha value is -5.06. The minimum Gasteiger partial charge on any atom is -0.508 e. The van der Waals surface area contributed by atoms with Gasteiger partial charge >= 0.3 is 6.01 Å². The van der Waals surface area contributed by atoms with Gasteiger partial charge in [0.1, 0.15) is 28.7 Å². The Balaban J connectivity index is 0.000000476. The van der Waals surface area contributed by atoms with Crippen molar-refractivity contribution in [3.05, 3.63) is 70.4 Å². The number of pyridine rings is 1. The molecule has 0 amide bonds. The molecule has 3 N–H and O–H groups in total. The van der Waals surface area contributed by atoms with Gasteiger partial charge in [-0.2, -0.15) is 9.97 Å². The minimum absolute atomic E-state index is 0.0814. The van der Waals surface area contributed by atoms with Crippen molar-refractivity contribution in [2.24, 2.45) is 0 Å². The van der Waals surface area contributed by atoms with Gasteiger partial charge in [-0.25, -0.2) is 22.5 Å². The van der Waals surface area contributed by atoms with Crippen LogP contribution in [0.3, 0.4) is 0 Å². The van der Waals surface area contributed by atoms with Gasteiger partial charge in [0, 0.05) is 35.8 Å². The molecule has 9 nitrogen and oxygen atoms in total. The molecule has 2 aliphatic heterocycles. The van der Waals surface area contributed by atoms with Crippen LogP contribution in [0, 0.1) is 24.0 Å². The molecule has 0 atom stereocenters. The molecule has 7 rings (SSSR count). The lowest BCUT2D eigenvalue weighted by molar-refractivity contribution is 0.295. The molecule has 0 bridgehead atoms. The first-order valence-electron chi connectivity index (χ1n) is 15.7. The summed E-state index contributed by atoms with van der Waals surface area (Å²) >= 11 is 6.93. The number of fused-ring (bicyclic) bond motifs is 1. The number of phenols is 1. The van der Waals surface area contributed by atoms with E-state index in [2.05, 4.69) is 32.8 Å². The molecule has 1 fully saturated rings. The van der Waals surface area contributed by atoms with Gasteiger partial charge in [-0.1, -0.05) is 29.7 Å². The molecule has 2 aliphatic rings. The Bertz CT molecular complexity index is 2060. The van der Waals surface area contributed by atoms with Crippen LogP contribution in [0.4, 0.5) is 29.2 Å². The number of hydrogen-bond acceptors (Lipinski definition) is 9. The molecule has 0 saturated carbocycles. The van der Waals surface area contributed by atoms with Gasteiger partial charge in [0.15, 0.2) is 11.6 Å². The van der Waals surface area contributed by atoms with E-state index in [0.29, 0.717) is 36.5 Å². The van der Waals surface area contributed by atoms with Crippen LogP contribution in [-0.2, 0) is 6.54 Å². The van der Waals surface area contributed by atoms with Gasteiger partial charge in [0.25, 0.3) is 0 Å². The van der Waals surface area contributed by atoms with Crippen LogP contribution in [0.15, 0.2) is 42.6 Å². The van der Waals surface area contributed by atoms with Crippen LogP contribution < -0.4 is 20.1 Å². The number of rotatable bonds is 4. The Kier molecular flexibility index (Phi) is 11.7. The number of phenolic OH excluding ortho intramolecular Hbond substituents is 1. The lowest BCUT2D eigenvalue weighted by atomic mass is 9.92. The third-order valence-electron chi connectivity index (χ3n) is 8.33. The molecule has 1 saturated heterocycles. The first-order valence-corrected chi connectivity index (χ1v) is 16.1. The SMILES string of the molecule is C#Cc1c(F)ccc2cc(O)cc(-c3c(Cl)c4c5c(nc(OC)nc5c3F)N(Cc3cccnc3N)CCCO4)c12.CN1CCCC1.FCF. The summed E-state index contributed by atoms with van der Waals surface area (Å²) in [5, 5.41) is 11.3. The van der Waals surface area contributed by atoms with E-state index in [1.54, 1.807) is 12.3 Å². The number of ether oxygens (including phenoxy) is 2. The zero-order valence-electron chi connectivity index (χ0n) is 27.4. The molecule has 4 heterocycles. The zero-order chi connectivity index (χ0) is 35.9. The zero-order valence-corrected chi connectivity index (χ0v) is 28.2. The maximum atomic E-state index is 16.7. The molecule has 3 aromatic carbocycles. The van der Waals surface area contributed by atoms with Crippen molar-refractivity contribution in [2.45, 2.75) is 25.8 Å². The molecule has 50 heavy (non-hydrogen) atoms. The molecule has 2 aromatic heterocycles. The fourth-order valence-corrected chi connectivity index (χ4v) is 6.38. The van der Waals surface area contributed by atoms with E-state index in [-0.39, 0.29) is 62.1 Å². The number of halogens is 5. The molecule has 0 radical (unpaired) electrons. The van der Waals surface area contributed by atoms with E-state index in [4.69, 9.17) is 33.2 Å². The molecular formula is C36H35ClF4N6O3. The number of nitrogens with zero attached hydrogens (tertiary/aromatic N) is 5.